The Labute approximate surface area is 197 Å². The molecule has 0 aromatic carbocycles. The summed E-state index contributed by atoms with van der Waals surface area (Å²) in [5.74, 6) is 2.88. The third-order valence-corrected chi connectivity index (χ3v) is 8.28. The number of carbonyl (C=O) groups is 1. The Morgan fingerprint density at radius 3 is 2.73 bits per heavy atom. The molecule has 3 aliphatic rings. The number of hydrogen-bond acceptors (Lipinski definition) is 5. The third-order valence-electron chi connectivity index (χ3n) is 8.28. The molecule has 1 aliphatic carbocycles. The first-order valence-corrected chi connectivity index (χ1v) is 13.1. The van der Waals surface area contributed by atoms with Crippen molar-refractivity contribution >= 4 is 17.4 Å². The summed E-state index contributed by atoms with van der Waals surface area (Å²) in [6.45, 7) is 9.36. The number of rotatable bonds is 4. The van der Waals surface area contributed by atoms with Crippen LogP contribution >= 0.6 is 0 Å². The fourth-order valence-electron chi connectivity index (χ4n) is 6.28. The van der Waals surface area contributed by atoms with E-state index >= 15 is 0 Å². The molecule has 180 valence electrons. The van der Waals surface area contributed by atoms with Crippen LogP contribution in [0.1, 0.15) is 82.5 Å². The lowest BCUT2D eigenvalue weighted by Gasteiger charge is -2.39. The van der Waals surface area contributed by atoms with Crippen molar-refractivity contribution in [3.05, 3.63) is 23.5 Å². The lowest BCUT2D eigenvalue weighted by Crippen LogP contribution is -2.43. The van der Waals surface area contributed by atoms with Gasteiger partial charge in [0.15, 0.2) is 5.65 Å². The first-order valence-electron chi connectivity index (χ1n) is 13.1. The van der Waals surface area contributed by atoms with Crippen LogP contribution in [0.25, 0.3) is 5.65 Å². The standard InChI is InChI=1S/C26H40N6O/c1-17(2)19-7-6-8-20(13-19)26(33)31-11-5-4-9-23(31)22-14-24-28-25(18(3)15-32(24)29-22)30-12-10-21(27)16-30/h14-15,17,19-21,23H,4-13,16,27H2,1-3H3. The molecule has 2 N–H and O–H groups in total. The summed E-state index contributed by atoms with van der Waals surface area (Å²) in [4.78, 5) is 23.1. The van der Waals surface area contributed by atoms with Gasteiger partial charge in [-0.25, -0.2) is 9.50 Å². The number of nitrogens with zero attached hydrogens (tertiary/aromatic N) is 5. The minimum absolute atomic E-state index is 0.0661. The van der Waals surface area contributed by atoms with Crippen molar-refractivity contribution < 1.29 is 4.79 Å². The Balaban J connectivity index is 1.39. The van der Waals surface area contributed by atoms with Gasteiger partial charge in [-0.3, -0.25) is 4.79 Å². The molecule has 1 saturated carbocycles. The topological polar surface area (TPSA) is 79.8 Å². The van der Waals surface area contributed by atoms with E-state index in [-0.39, 0.29) is 18.0 Å². The number of hydrogen-bond donors (Lipinski definition) is 1. The molecule has 5 rings (SSSR count). The molecule has 3 fully saturated rings. The monoisotopic (exact) mass is 452 g/mol. The highest BCUT2D eigenvalue weighted by molar-refractivity contribution is 5.79. The highest BCUT2D eigenvalue weighted by atomic mass is 16.2. The molecule has 0 bridgehead atoms. The maximum absolute atomic E-state index is 13.7. The Bertz CT molecular complexity index is 1000. The summed E-state index contributed by atoms with van der Waals surface area (Å²) in [5, 5.41) is 4.92. The number of piperidine rings is 1. The van der Waals surface area contributed by atoms with E-state index < -0.39 is 0 Å². The van der Waals surface area contributed by atoms with Crippen LogP contribution in [0.5, 0.6) is 0 Å². The van der Waals surface area contributed by atoms with Crippen LogP contribution < -0.4 is 10.6 Å². The van der Waals surface area contributed by atoms with Crippen molar-refractivity contribution in [3.8, 4) is 0 Å². The molecule has 2 aromatic heterocycles. The molecule has 7 nitrogen and oxygen atoms in total. The molecule has 4 atom stereocenters. The molecular weight excluding hydrogens is 412 g/mol. The molecule has 2 saturated heterocycles. The van der Waals surface area contributed by atoms with Gasteiger partial charge in [-0.2, -0.15) is 5.10 Å². The smallest absolute Gasteiger partial charge is 0.226 e. The summed E-state index contributed by atoms with van der Waals surface area (Å²) >= 11 is 0. The zero-order chi connectivity index (χ0) is 23.1. The summed E-state index contributed by atoms with van der Waals surface area (Å²) in [6, 6.07) is 2.39. The molecule has 2 aliphatic heterocycles. The number of likely N-dealkylation sites (tertiary alicyclic amines) is 1. The lowest BCUT2D eigenvalue weighted by atomic mass is 9.75. The van der Waals surface area contributed by atoms with Gasteiger partial charge < -0.3 is 15.5 Å². The Kier molecular flexibility index (Phi) is 6.34. The second-order valence-corrected chi connectivity index (χ2v) is 11.0. The molecule has 2 aromatic rings. The van der Waals surface area contributed by atoms with Crippen molar-refractivity contribution in [3.63, 3.8) is 0 Å². The molecule has 4 heterocycles. The Morgan fingerprint density at radius 2 is 1.97 bits per heavy atom. The lowest BCUT2D eigenvalue weighted by molar-refractivity contribution is -0.141. The fourth-order valence-corrected chi connectivity index (χ4v) is 6.28. The SMILES string of the molecule is Cc1cn2nc(C3CCCCN3C(=O)C3CCCC(C(C)C)C3)cc2nc1N1CCC(N)C1. The van der Waals surface area contributed by atoms with E-state index in [2.05, 4.69) is 42.8 Å². The molecule has 33 heavy (non-hydrogen) atoms. The number of fused-ring (bicyclic) bond motifs is 1. The predicted octanol–water partition coefficient (Wildman–Crippen LogP) is 4.09. The van der Waals surface area contributed by atoms with E-state index in [1.165, 1.54) is 12.8 Å². The van der Waals surface area contributed by atoms with E-state index in [0.29, 0.717) is 17.7 Å². The highest BCUT2D eigenvalue weighted by Gasteiger charge is 2.36. The van der Waals surface area contributed by atoms with Crippen molar-refractivity contribution in [1.29, 1.82) is 0 Å². The van der Waals surface area contributed by atoms with Gasteiger partial charge in [-0.1, -0.05) is 26.7 Å². The first-order chi connectivity index (χ1) is 15.9. The maximum atomic E-state index is 13.7. The van der Waals surface area contributed by atoms with Crippen LogP contribution in [0.3, 0.4) is 0 Å². The van der Waals surface area contributed by atoms with E-state index in [9.17, 15) is 4.79 Å². The summed E-state index contributed by atoms with van der Waals surface area (Å²) in [6.07, 6.45) is 10.8. The predicted molar refractivity (Wildman–Crippen MR) is 131 cm³/mol. The number of nitrogens with two attached hydrogens (primary N) is 1. The fraction of sp³-hybridized carbons (Fsp3) is 0.731. The first kappa shape index (κ1) is 22.6. The quantitative estimate of drug-likeness (QED) is 0.756. The van der Waals surface area contributed by atoms with Gasteiger partial charge in [0.2, 0.25) is 5.91 Å². The Morgan fingerprint density at radius 1 is 1.12 bits per heavy atom. The van der Waals surface area contributed by atoms with Crippen LogP contribution in [0.15, 0.2) is 12.3 Å². The third kappa shape index (κ3) is 4.48. The second-order valence-electron chi connectivity index (χ2n) is 11.0. The summed E-state index contributed by atoms with van der Waals surface area (Å²) in [5.41, 5.74) is 9.10. The van der Waals surface area contributed by atoms with Gasteiger partial charge >= 0.3 is 0 Å². The van der Waals surface area contributed by atoms with Crippen LogP contribution in [-0.2, 0) is 4.79 Å². The largest absolute Gasteiger partial charge is 0.355 e. The highest BCUT2D eigenvalue weighted by Crippen LogP contribution is 2.38. The molecular formula is C26H40N6O. The second kappa shape index (κ2) is 9.24. The van der Waals surface area contributed by atoms with Crippen LogP contribution in [0.2, 0.25) is 0 Å². The van der Waals surface area contributed by atoms with Crippen LogP contribution in [-0.4, -0.2) is 51.1 Å². The van der Waals surface area contributed by atoms with E-state index in [4.69, 9.17) is 15.8 Å². The van der Waals surface area contributed by atoms with Crippen molar-refractivity contribution in [2.24, 2.45) is 23.5 Å². The molecule has 1 amide bonds. The van der Waals surface area contributed by atoms with E-state index in [1.54, 1.807) is 0 Å². The normalized spacial score (nSPS) is 28.8. The maximum Gasteiger partial charge on any atom is 0.226 e. The number of aromatic nitrogens is 3. The number of anilines is 1. The summed E-state index contributed by atoms with van der Waals surface area (Å²) < 4.78 is 1.90. The van der Waals surface area contributed by atoms with Crippen LogP contribution in [0, 0.1) is 24.7 Å². The number of amides is 1. The zero-order valence-electron chi connectivity index (χ0n) is 20.5. The summed E-state index contributed by atoms with van der Waals surface area (Å²) in [7, 11) is 0. The molecule has 4 unspecified atom stereocenters. The average Bonchev–Trinajstić information content (AvgIpc) is 3.43. The molecule has 7 heteroatoms. The van der Waals surface area contributed by atoms with Crippen molar-refractivity contribution in [1.82, 2.24) is 19.5 Å². The molecule has 0 spiro atoms. The van der Waals surface area contributed by atoms with Crippen molar-refractivity contribution in [2.75, 3.05) is 24.5 Å². The number of carbonyl (C=O) groups excluding carboxylic acids is 1. The van der Waals surface area contributed by atoms with Gasteiger partial charge in [-0.15, -0.1) is 0 Å². The van der Waals surface area contributed by atoms with Gasteiger partial charge in [0.1, 0.15) is 5.82 Å². The van der Waals surface area contributed by atoms with Crippen LogP contribution in [0.4, 0.5) is 5.82 Å². The minimum Gasteiger partial charge on any atom is -0.355 e. The molecule has 0 radical (unpaired) electrons. The van der Waals surface area contributed by atoms with Gasteiger partial charge in [0.25, 0.3) is 0 Å². The van der Waals surface area contributed by atoms with Gasteiger partial charge in [0, 0.05) is 49.4 Å². The van der Waals surface area contributed by atoms with Gasteiger partial charge in [0.05, 0.1) is 11.7 Å². The Hall–Kier alpha value is -2.15. The van der Waals surface area contributed by atoms with Crippen molar-refractivity contribution in [2.45, 2.75) is 84.2 Å². The zero-order valence-corrected chi connectivity index (χ0v) is 20.5. The minimum atomic E-state index is 0.0661. The average molecular weight is 453 g/mol. The van der Waals surface area contributed by atoms with Gasteiger partial charge in [-0.05, 0) is 57.3 Å². The van der Waals surface area contributed by atoms with E-state index in [0.717, 1.165) is 80.9 Å². The number of aryl methyl sites for hydroxylation is 1. The van der Waals surface area contributed by atoms with E-state index in [1.807, 2.05) is 4.52 Å².